The molecule has 0 spiro atoms. The Kier molecular flexibility index (Phi) is 4.06. The largest absolute Gasteiger partial charge is 0.384 e. The van der Waals surface area contributed by atoms with Gasteiger partial charge in [0, 0.05) is 21.8 Å². The Hall–Kier alpha value is -2.01. The molecule has 1 aromatic heterocycles. The van der Waals surface area contributed by atoms with E-state index in [1.165, 1.54) is 0 Å². The Morgan fingerprint density at radius 3 is 2.79 bits per heavy atom. The summed E-state index contributed by atoms with van der Waals surface area (Å²) in [4.78, 5) is 17.3. The fourth-order valence-corrected chi connectivity index (χ4v) is 2.19. The highest BCUT2D eigenvalue weighted by molar-refractivity contribution is 7.98. The zero-order valence-electron chi connectivity index (χ0n) is 10.8. The number of anilines is 2. The maximum Gasteiger partial charge on any atom is 0.255 e. The van der Waals surface area contributed by atoms with Crippen molar-refractivity contribution in [1.29, 1.82) is 0 Å². The summed E-state index contributed by atoms with van der Waals surface area (Å²) in [7, 11) is 0. The Labute approximate surface area is 116 Å². The zero-order chi connectivity index (χ0) is 13.8. The first-order valence-electron chi connectivity index (χ1n) is 5.78. The highest BCUT2D eigenvalue weighted by Gasteiger charge is 2.08. The number of thioether (sulfide) groups is 1. The number of hydrogen-bond donors (Lipinski definition) is 2. The van der Waals surface area contributed by atoms with Crippen molar-refractivity contribution in [2.45, 2.75) is 11.8 Å². The van der Waals surface area contributed by atoms with E-state index in [2.05, 4.69) is 10.3 Å². The number of nitrogens with zero attached hydrogens (tertiary/aromatic N) is 1. The molecule has 4 nitrogen and oxygen atoms in total. The molecule has 0 radical (unpaired) electrons. The molecule has 0 aliphatic rings. The maximum absolute atomic E-state index is 12.1. The molecule has 0 fully saturated rings. The molecule has 1 heterocycles. The zero-order valence-corrected chi connectivity index (χ0v) is 11.6. The average Bonchev–Trinajstić information content (AvgIpc) is 2.37. The quantitative estimate of drug-likeness (QED) is 0.844. The SMILES string of the molecule is CSc1cccc(NC(=O)c2cc(C)nc(N)c2)c1. The van der Waals surface area contributed by atoms with Crippen LogP contribution in [-0.4, -0.2) is 17.1 Å². The first-order valence-corrected chi connectivity index (χ1v) is 7.00. The van der Waals surface area contributed by atoms with Gasteiger partial charge >= 0.3 is 0 Å². The molecule has 5 heteroatoms. The fraction of sp³-hybridized carbons (Fsp3) is 0.143. The van der Waals surface area contributed by atoms with Gasteiger partial charge in [-0.05, 0) is 43.5 Å². The molecule has 3 N–H and O–H groups in total. The summed E-state index contributed by atoms with van der Waals surface area (Å²) < 4.78 is 0. The van der Waals surface area contributed by atoms with E-state index in [1.54, 1.807) is 23.9 Å². The number of pyridine rings is 1. The van der Waals surface area contributed by atoms with Crippen LogP contribution in [-0.2, 0) is 0 Å². The minimum absolute atomic E-state index is 0.185. The van der Waals surface area contributed by atoms with Crippen molar-refractivity contribution < 1.29 is 4.79 Å². The van der Waals surface area contributed by atoms with E-state index >= 15 is 0 Å². The number of aromatic nitrogens is 1. The second kappa shape index (κ2) is 5.75. The Morgan fingerprint density at radius 2 is 2.11 bits per heavy atom. The number of carbonyl (C=O) groups is 1. The first-order chi connectivity index (χ1) is 9.08. The van der Waals surface area contributed by atoms with Gasteiger partial charge in [-0.2, -0.15) is 0 Å². The van der Waals surface area contributed by atoms with E-state index in [0.717, 1.165) is 16.3 Å². The Balaban J connectivity index is 2.20. The third-order valence-corrected chi connectivity index (χ3v) is 3.29. The van der Waals surface area contributed by atoms with Crippen LogP contribution < -0.4 is 11.1 Å². The second-order valence-electron chi connectivity index (χ2n) is 4.11. The molecular formula is C14H15N3OS. The number of nitrogen functional groups attached to an aromatic ring is 1. The van der Waals surface area contributed by atoms with E-state index in [1.807, 2.05) is 37.4 Å². The summed E-state index contributed by atoms with van der Waals surface area (Å²) >= 11 is 1.63. The number of benzene rings is 1. The molecule has 1 aromatic carbocycles. The van der Waals surface area contributed by atoms with Gasteiger partial charge < -0.3 is 11.1 Å². The average molecular weight is 273 g/mol. The second-order valence-corrected chi connectivity index (χ2v) is 4.99. The highest BCUT2D eigenvalue weighted by Crippen LogP contribution is 2.19. The van der Waals surface area contributed by atoms with Gasteiger partial charge in [0.25, 0.3) is 5.91 Å². The topological polar surface area (TPSA) is 68.0 Å². The van der Waals surface area contributed by atoms with Crippen LogP contribution in [0.15, 0.2) is 41.3 Å². The van der Waals surface area contributed by atoms with Gasteiger partial charge in [0.05, 0.1) is 0 Å². The van der Waals surface area contributed by atoms with Crippen molar-refractivity contribution in [1.82, 2.24) is 4.98 Å². The van der Waals surface area contributed by atoms with Crippen LogP contribution in [0.3, 0.4) is 0 Å². The molecule has 0 aliphatic heterocycles. The van der Waals surface area contributed by atoms with E-state index in [-0.39, 0.29) is 5.91 Å². The van der Waals surface area contributed by atoms with Crippen molar-refractivity contribution in [3.63, 3.8) is 0 Å². The lowest BCUT2D eigenvalue weighted by Crippen LogP contribution is -2.13. The highest BCUT2D eigenvalue weighted by atomic mass is 32.2. The van der Waals surface area contributed by atoms with Crippen LogP contribution in [0.2, 0.25) is 0 Å². The molecule has 0 saturated carbocycles. The van der Waals surface area contributed by atoms with Gasteiger partial charge in [0.2, 0.25) is 0 Å². The van der Waals surface area contributed by atoms with Crippen molar-refractivity contribution in [3.8, 4) is 0 Å². The first kappa shape index (κ1) is 13.4. The lowest BCUT2D eigenvalue weighted by atomic mass is 10.2. The van der Waals surface area contributed by atoms with Crippen molar-refractivity contribution in [2.75, 3.05) is 17.3 Å². The molecule has 98 valence electrons. The van der Waals surface area contributed by atoms with Gasteiger partial charge in [-0.3, -0.25) is 4.79 Å². The molecular weight excluding hydrogens is 258 g/mol. The third kappa shape index (κ3) is 3.48. The van der Waals surface area contributed by atoms with Crippen molar-refractivity contribution >= 4 is 29.2 Å². The summed E-state index contributed by atoms with van der Waals surface area (Å²) in [6.07, 6.45) is 1.99. The van der Waals surface area contributed by atoms with Gasteiger partial charge in [-0.15, -0.1) is 11.8 Å². The maximum atomic E-state index is 12.1. The molecule has 2 rings (SSSR count). The number of nitrogens with two attached hydrogens (primary N) is 1. The molecule has 0 aliphatic carbocycles. The van der Waals surface area contributed by atoms with E-state index in [4.69, 9.17) is 5.73 Å². The molecule has 0 saturated heterocycles. The van der Waals surface area contributed by atoms with E-state index < -0.39 is 0 Å². The number of amides is 1. The number of carbonyl (C=O) groups excluding carboxylic acids is 1. The lowest BCUT2D eigenvalue weighted by Gasteiger charge is -2.07. The minimum atomic E-state index is -0.185. The summed E-state index contributed by atoms with van der Waals surface area (Å²) in [6, 6.07) is 11.0. The molecule has 0 atom stereocenters. The number of aryl methyl sites for hydroxylation is 1. The van der Waals surface area contributed by atoms with Crippen LogP contribution in [0.4, 0.5) is 11.5 Å². The molecule has 0 bridgehead atoms. The van der Waals surface area contributed by atoms with Gasteiger partial charge in [0.1, 0.15) is 5.82 Å². The van der Waals surface area contributed by atoms with Crippen LogP contribution in [0, 0.1) is 6.92 Å². The van der Waals surface area contributed by atoms with Crippen LogP contribution in [0.1, 0.15) is 16.1 Å². The predicted octanol–water partition coefficient (Wildman–Crippen LogP) is 2.95. The molecule has 2 aromatic rings. The predicted molar refractivity (Wildman–Crippen MR) is 79.6 cm³/mol. The van der Waals surface area contributed by atoms with Crippen molar-refractivity contribution in [3.05, 3.63) is 47.7 Å². The molecule has 1 amide bonds. The smallest absolute Gasteiger partial charge is 0.255 e. The van der Waals surface area contributed by atoms with Crippen molar-refractivity contribution in [2.24, 2.45) is 0 Å². The molecule has 19 heavy (non-hydrogen) atoms. The minimum Gasteiger partial charge on any atom is -0.384 e. The van der Waals surface area contributed by atoms with Gasteiger partial charge in [-0.25, -0.2) is 4.98 Å². The summed E-state index contributed by atoms with van der Waals surface area (Å²) in [5.41, 5.74) is 7.65. The summed E-state index contributed by atoms with van der Waals surface area (Å²) in [5.74, 6) is 0.165. The summed E-state index contributed by atoms with van der Waals surface area (Å²) in [5, 5.41) is 2.85. The monoisotopic (exact) mass is 273 g/mol. The van der Waals surface area contributed by atoms with E-state index in [0.29, 0.717) is 11.4 Å². The Bertz CT molecular complexity index is 593. The molecule has 0 unspecified atom stereocenters. The Morgan fingerprint density at radius 1 is 1.32 bits per heavy atom. The van der Waals surface area contributed by atoms with Gasteiger partial charge in [0.15, 0.2) is 0 Å². The fourth-order valence-electron chi connectivity index (χ4n) is 1.73. The number of rotatable bonds is 3. The summed E-state index contributed by atoms with van der Waals surface area (Å²) in [6.45, 7) is 1.81. The van der Waals surface area contributed by atoms with Crippen LogP contribution in [0.5, 0.6) is 0 Å². The third-order valence-electron chi connectivity index (χ3n) is 2.56. The number of hydrogen-bond acceptors (Lipinski definition) is 4. The number of nitrogens with one attached hydrogen (secondary N) is 1. The van der Waals surface area contributed by atoms with E-state index in [9.17, 15) is 4.79 Å². The normalized spacial score (nSPS) is 10.2. The van der Waals surface area contributed by atoms with Crippen LogP contribution in [0.25, 0.3) is 0 Å². The lowest BCUT2D eigenvalue weighted by molar-refractivity contribution is 0.102. The van der Waals surface area contributed by atoms with Crippen LogP contribution >= 0.6 is 11.8 Å². The standard InChI is InChI=1S/C14H15N3OS/c1-9-6-10(7-13(15)16-9)14(18)17-11-4-3-5-12(8-11)19-2/h3-8H,1-2H3,(H2,15,16)(H,17,18). The van der Waals surface area contributed by atoms with Gasteiger partial charge in [-0.1, -0.05) is 6.07 Å².